The van der Waals surface area contributed by atoms with Crippen molar-refractivity contribution < 1.29 is 4.79 Å². The van der Waals surface area contributed by atoms with Gasteiger partial charge >= 0.3 is 0 Å². The lowest BCUT2D eigenvalue weighted by molar-refractivity contribution is -0.120. The standard InChI is InChI=1S/C26H26N10O/c1-36-5-2-3-15(4-6-36)26(37)31-19-7-16(10-28-13-19)17-8-20-23(34-35-24(20)30-12-17)25-32-21-14-29-11-18(9-27)22(21)33-25/h7-8,10-15,25,32-33H,2-6H2,1H3,(H,31,37)(H,30,34,35). The summed E-state index contributed by atoms with van der Waals surface area (Å²) in [7, 11) is 2.10. The molecule has 1 saturated heterocycles. The summed E-state index contributed by atoms with van der Waals surface area (Å²) in [6, 6.07) is 6.08. The highest BCUT2D eigenvalue weighted by molar-refractivity contribution is 5.93. The third kappa shape index (κ3) is 4.43. The molecule has 4 aromatic heterocycles. The third-order valence-corrected chi connectivity index (χ3v) is 7.04. The lowest BCUT2D eigenvalue weighted by Crippen LogP contribution is -2.24. The van der Waals surface area contributed by atoms with Crippen LogP contribution in [0.5, 0.6) is 0 Å². The number of hydrogen-bond donors (Lipinski definition) is 4. The maximum atomic E-state index is 12.9. The van der Waals surface area contributed by atoms with Gasteiger partial charge in [0.05, 0.1) is 40.7 Å². The minimum atomic E-state index is -0.323. The van der Waals surface area contributed by atoms with E-state index in [1.807, 2.05) is 12.1 Å². The predicted molar refractivity (Wildman–Crippen MR) is 140 cm³/mol. The third-order valence-electron chi connectivity index (χ3n) is 7.04. The number of nitriles is 1. The number of rotatable bonds is 4. The van der Waals surface area contributed by atoms with E-state index < -0.39 is 0 Å². The van der Waals surface area contributed by atoms with Crippen LogP contribution in [0.4, 0.5) is 17.1 Å². The molecular weight excluding hydrogens is 468 g/mol. The maximum absolute atomic E-state index is 12.9. The molecule has 2 aliphatic rings. The van der Waals surface area contributed by atoms with E-state index in [0.29, 0.717) is 22.6 Å². The van der Waals surface area contributed by atoms with Gasteiger partial charge in [0.15, 0.2) is 5.65 Å². The van der Waals surface area contributed by atoms with E-state index in [0.717, 1.165) is 60.2 Å². The molecule has 11 heteroatoms. The van der Waals surface area contributed by atoms with Crippen molar-refractivity contribution in [1.29, 1.82) is 5.26 Å². The van der Waals surface area contributed by atoms with Crippen LogP contribution in [0.25, 0.3) is 22.2 Å². The molecule has 0 aliphatic carbocycles. The van der Waals surface area contributed by atoms with Crippen molar-refractivity contribution in [3.63, 3.8) is 0 Å². The number of amides is 1. The number of likely N-dealkylation sites (tertiary alicyclic amines) is 1. The van der Waals surface area contributed by atoms with Crippen molar-refractivity contribution >= 4 is 34.0 Å². The van der Waals surface area contributed by atoms with Gasteiger partial charge in [-0.25, -0.2) is 4.98 Å². The number of pyridine rings is 3. The molecule has 0 bridgehead atoms. The maximum Gasteiger partial charge on any atom is 0.227 e. The van der Waals surface area contributed by atoms with Gasteiger partial charge in [0.25, 0.3) is 0 Å². The number of hydrogen-bond acceptors (Lipinski definition) is 9. The zero-order valence-electron chi connectivity index (χ0n) is 20.3. The lowest BCUT2D eigenvalue weighted by Gasteiger charge is -2.15. The Kier molecular flexibility index (Phi) is 5.86. The van der Waals surface area contributed by atoms with Crippen LogP contribution in [0.15, 0.2) is 43.1 Å². The van der Waals surface area contributed by atoms with Crippen molar-refractivity contribution in [2.45, 2.75) is 25.4 Å². The molecule has 2 aliphatic heterocycles. The largest absolute Gasteiger partial charge is 0.357 e. The molecule has 0 saturated carbocycles. The first-order chi connectivity index (χ1) is 18.1. The number of nitrogens with zero attached hydrogens (tertiary/aromatic N) is 6. The molecule has 186 valence electrons. The van der Waals surface area contributed by atoms with E-state index in [9.17, 15) is 10.1 Å². The zero-order valence-corrected chi connectivity index (χ0v) is 20.3. The number of nitrogens with one attached hydrogen (secondary N) is 4. The normalized spacial score (nSPS) is 19.4. The summed E-state index contributed by atoms with van der Waals surface area (Å²) in [5.74, 6) is 0.0523. The molecule has 11 nitrogen and oxygen atoms in total. The molecule has 37 heavy (non-hydrogen) atoms. The van der Waals surface area contributed by atoms with Crippen LogP contribution in [0, 0.1) is 17.2 Å². The number of H-pyrrole nitrogens is 1. The molecule has 6 rings (SSSR count). The Labute approximate surface area is 213 Å². The first-order valence-corrected chi connectivity index (χ1v) is 12.3. The number of anilines is 3. The first kappa shape index (κ1) is 22.9. The number of aromatic amines is 1. The van der Waals surface area contributed by atoms with Crippen LogP contribution in [-0.4, -0.2) is 56.1 Å². The molecule has 2 unspecified atom stereocenters. The molecule has 1 amide bonds. The quantitative estimate of drug-likeness (QED) is 0.334. The van der Waals surface area contributed by atoms with Crippen LogP contribution in [0.2, 0.25) is 0 Å². The van der Waals surface area contributed by atoms with Gasteiger partial charge in [-0.1, -0.05) is 0 Å². The van der Waals surface area contributed by atoms with Gasteiger partial charge in [-0.2, -0.15) is 10.4 Å². The Balaban J connectivity index is 1.24. The average molecular weight is 495 g/mol. The van der Waals surface area contributed by atoms with Crippen LogP contribution in [0.1, 0.15) is 36.7 Å². The topological polar surface area (TPSA) is 148 Å². The highest BCUT2D eigenvalue weighted by Gasteiger charge is 2.27. The van der Waals surface area contributed by atoms with Crippen molar-refractivity contribution in [2.24, 2.45) is 5.92 Å². The Morgan fingerprint density at radius 2 is 1.95 bits per heavy atom. The molecule has 1 fully saturated rings. The summed E-state index contributed by atoms with van der Waals surface area (Å²) >= 11 is 0. The van der Waals surface area contributed by atoms with Crippen molar-refractivity contribution in [1.82, 2.24) is 30.0 Å². The fourth-order valence-electron chi connectivity index (χ4n) is 5.00. The highest BCUT2D eigenvalue weighted by Crippen LogP contribution is 2.38. The Hall–Kier alpha value is -4.56. The fourth-order valence-corrected chi connectivity index (χ4v) is 5.00. The van der Waals surface area contributed by atoms with E-state index in [1.54, 1.807) is 24.8 Å². The molecule has 4 N–H and O–H groups in total. The summed E-state index contributed by atoms with van der Waals surface area (Å²) in [4.78, 5) is 28.2. The van der Waals surface area contributed by atoms with Gasteiger partial charge in [-0.3, -0.25) is 19.9 Å². The van der Waals surface area contributed by atoms with Crippen molar-refractivity contribution in [2.75, 3.05) is 36.1 Å². The highest BCUT2D eigenvalue weighted by atomic mass is 16.1. The summed E-state index contributed by atoms with van der Waals surface area (Å²) in [6.45, 7) is 1.96. The van der Waals surface area contributed by atoms with E-state index in [2.05, 4.69) is 59.1 Å². The van der Waals surface area contributed by atoms with Crippen LogP contribution < -0.4 is 16.0 Å². The van der Waals surface area contributed by atoms with E-state index in [-0.39, 0.29) is 18.0 Å². The summed E-state index contributed by atoms with van der Waals surface area (Å²) in [6.07, 6.45) is 10.8. The molecule has 2 atom stereocenters. The summed E-state index contributed by atoms with van der Waals surface area (Å²) < 4.78 is 0. The number of aromatic nitrogens is 5. The number of carbonyl (C=O) groups is 1. The molecule has 6 heterocycles. The van der Waals surface area contributed by atoms with Gasteiger partial charge in [-0.15, -0.1) is 0 Å². The SMILES string of the molecule is CN1CCCC(C(=O)Nc2cncc(-c3cnc4n[nH]c(C5Nc6cncc(C#N)c6N5)c4c3)c2)CC1. The Morgan fingerprint density at radius 1 is 1.08 bits per heavy atom. The molecule has 4 aromatic rings. The van der Waals surface area contributed by atoms with Crippen molar-refractivity contribution in [3.8, 4) is 17.2 Å². The smallest absolute Gasteiger partial charge is 0.227 e. The van der Waals surface area contributed by atoms with Gasteiger partial charge < -0.3 is 20.9 Å². The van der Waals surface area contributed by atoms with Crippen LogP contribution >= 0.6 is 0 Å². The first-order valence-electron chi connectivity index (χ1n) is 12.3. The lowest BCUT2D eigenvalue weighted by atomic mass is 9.99. The summed E-state index contributed by atoms with van der Waals surface area (Å²) in [5, 5.41) is 27.4. The molecular formula is C26H26N10O. The van der Waals surface area contributed by atoms with Gasteiger partial charge in [0, 0.05) is 41.0 Å². The predicted octanol–water partition coefficient (Wildman–Crippen LogP) is 3.49. The Morgan fingerprint density at radius 3 is 2.84 bits per heavy atom. The van der Waals surface area contributed by atoms with Crippen molar-refractivity contribution in [3.05, 3.63) is 54.4 Å². The minimum absolute atomic E-state index is 0.00685. The molecule has 0 radical (unpaired) electrons. The second kappa shape index (κ2) is 9.48. The fraction of sp³-hybridized carbons (Fsp3) is 0.308. The number of fused-ring (bicyclic) bond motifs is 2. The van der Waals surface area contributed by atoms with Gasteiger partial charge in [-0.05, 0) is 51.5 Å². The molecule has 0 spiro atoms. The van der Waals surface area contributed by atoms with E-state index in [4.69, 9.17) is 0 Å². The minimum Gasteiger partial charge on any atom is -0.357 e. The summed E-state index contributed by atoms with van der Waals surface area (Å²) in [5.41, 5.74) is 5.66. The van der Waals surface area contributed by atoms with E-state index >= 15 is 0 Å². The molecule has 0 aromatic carbocycles. The van der Waals surface area contributed by atoms with Gasteiger partial charge in [0.2, 0.25) is 5.91 Å². The Bertz CT molecular complexity index is 1520. The zero-order chi connectivity index (χ0) is 25.4. The van der Waals surface area contributed by atoms with Gasteiger partial charge in [0.1, 0.15) is 12.2 Å². The second-order valence-corrected chi connectivity index (χ2v) is 9.56. The van der Waals surface area contributed by atoms with E-state index in [1.165, 1.54) is 6.20 Å². The van der Waals surface area contributed by atoms with Crippen LogP contribution in [0.3, 0.4) is 0 Å². The monoisotopic (exact) mass is 494 g/mol. The van der Waals surface area contributed by atoms with Crippen LogP contribution in [-0.2, 0) is 4.79 Å². The second-order valence-electron chi connectivity index (χ2n) is 9.56. The average Bonchev–Trinajstić information content (AvgIpc) is 3.47. The number of carbonyl (C=O) groups excluding carboxylic acids is 1.